The molecule has 0 saturated carbocycles. The molecule has 0 aliphatic carbocycles. The van der Waals surface area contributed by atoms with E-state index in [2.05, 4.69) is 52.8 Å². The highest BCUT2D eigenvalue weighted by atomic mass is 32.2. The summed E-state index contributed by atoms with van der Waals surface area (Å²) >= 11 is 1.84. The van der Waals surface area contributed by atoms with Crippen LogP contribution in [0.3, 0.4) is 0 Å². The normalized spacial score (nSPS) is 25.3. The Kier molecular flexibility index (Phi) is 40.0. The standard InChI is InChI=1S/C86H137N17O16S/c1-24-26-29-54(15)75(107)74-79(111)90-60(25-2)80(112)97(17)44-70(106)98(18)63(40-48(3)4)78(110)93-71(52(11)12)84(116)99(19)64(41-49(5)6)77(109)87-55(16)76(108)91-61(81(113)100(20)65(42-50(7)8)82(114)101(21)66(43-51(9)10)83(115)102(22)73(53(13)14)85(117)103(74)23)45-119-46-69(105)89-57-34-38-59(39-35-57)96-95-58-36-32-56(33-37-58)88-68(104)31-28-27-30-67-72-62(47-120-67)92-86(118)94-72/h24,26,32-39,48-55,60-67,71-75,107H,25,27-31,40-47H2,1-23H3,(H,87,109)(H,88,104)(H,89,105)(H,90,111)(H,91,108)(H,93,110)(H2,92,94,118)/b26-24+,96-95?/t54-,55+,60+,61-,62?,63+,64+,65+,66+,67?,71+,72?,73+,74+,75-/m0/s1. The molecule has 3 unspecified atom stereocenters. The smallest absolute Gasteiger partial charge is 0.315 e. The van der Waals surface area contributed by atoms with Gasteiger partial charge in [0.15, 0.2) is 0 Å². The van der Waals surface area contributed by atoms with Crippen molar-refractivity contribution in [2.75, 3.05) is 85.5 Å². The lowest BCUT2D eigenvalue weighted by Gasteiger charge is -2.41. The monoisotopic (exact) mass is 1700 g/mol. The average Bonchev–Trinajstić information content (AvgIpc) is 0.807. The first-order valence-corrected chi connectivity index (χ1v) is 43.2. The summed E-state index contributed by atoms with van der Waals surface area (Å²) < 4.78 is 5.96. The molecule has 3 aliphatic rings. The van der Waals surface area contributed by atoms with Crippen molar-refractivity contribution in [2.24, 2.45) is 51.7 Å². The Balaban J connectivity index is 1.50. The van der Waals surface area contributed by atoms with Gasteiger partial charge >= 0.3 is 6.03 Å². The van der Waals surface area contributed by atoms with Crippen LogP contribution in [0.4, 0.5) is 27.5 Å². The Morgan fingerprint density at radius 1 is 0.533 bits per heavy atom. The number of carbonyl (C=O) groups excluding carboxylic acids is 14. The number of aliphatic hydroxyl groups excluding tert-OH is 1. The molecule has 15 amide bonds. The summed E-state index contributed by atoms with van der Waals surface area (Å²) in [5.74, 6) is -11.2. The van der Waals surface area contributed by atoms with Gasteiger partial charge in [-0.15, -0.1) is 0 Å². The number of carbonyl (C=O) groups is 14. The molecule has 15 atom stereocenters. The highest BCUT2D eigenvalue weighted by molar-refractivity contribution is 8.00. The zero-order chi connectivity index (χ0) is 90.0. The number of likely N-dealkylation sites (N-methyl/N-ethyl adjacent to an activating group) is 7. The number of hydrogen-bond donors (Lipinski definition) is 9. The van der Waals surface area contributed by atoms with Crippen molar-refractivity contribution in [1.82, 2.24) is 66.2 Å². The van der Waals surface area contributed by atoms with Gasteiger partial charge in [0.25, 0.3) is 0 Å². The van der Waals surface area contributed by atoms with Crippen LogP contribution in [-0.4, -0.2) is 281 Å². The van der Waals surface area contributed by atoms with Crippen LogP contribution in [0.1, 0.15) is 175 Å². The molecule has 668 valence electrons. The van der Waals surface area contributed by atoms with Crippen molar-refractivity contribution in [3.63, 3.8) is 0 Å². The summed E-state index contributed by atoms with van der Waals surface area (Å²) in [6.45, 7) is 26.0. The molecule has 120 heavy (non-hydrogen) atoms. The lowest BCUT2D eigenvalue weighted by molar-refractivity contribution is -0.157. The quantitative estimate of drug-likeness (QED) is 0.0179. The Labute approximate surface area is 713 Å². The van der Waals surface area contributed by atoms with Crippen molar-refractivity contribution in [3.05, 3.63) is 60.7 Å². The summed E-state index contributed by atoms with van der Waals surface area (Å²) in [5.41, 5.74) is 1.87. The Bertz CT molecular complexity index is 3900. The van der Waals surface area contributed by atoms with Gasteiger partial charge in [-0.3, -0.25) is 62.3 Å². The highest BCUT2D eigenvalue weighted by Gasteiger charge is 2.47. The fourth-order valence-electron chi connectivity index (χ4n) is 15.0. The van der Waals surface area contributed by atoms with E-state index in [1.165, 1.54) is 75.9 Å². The van der Waals surface area contributed by atoms with Gasteiger partial charge in [-0.1, -0.05) is 116 Å². The van der Waals surface area contributed by atoms with E-state index >= 15 is 24.0 Å². The van der Waals surface area contributed by atoms with E-state index in [9.17, 15) is 48.3 Å². The van der Waals surface area contributed by atoms with Gasteiger partial charge in [0.1, 0.15) is 67.0 Å². The van der Waals surface area contributed by atoms with Crippen LogP contribution in [0.5, 0.6) is 0 Å². The molecule has 34 heteroatoms. The lowest BCUT2D eigenvalue weighted by atomic mass is 9.91. The van der Waals surface area contributed by atoms with Gasteiger partial charge < -0.3 is 86.7 Å². The van der Waals surface area contributed by atoms with E-state index in [0.717, 1.165) is 33.3 Å². The number of allylic oxidation sites excluding steroid dienone is 2. The first-order chi connectivity index (χ1) is 56.3. The van der Waals surface area contributed by atoms with Gasteiger partial charge in [0.2, 0.25) is 76.8 Å². The maximum atomic E-state index is 15.6. The molecule has 2 aromatic carbocycles. The van der Waals surface area contributed by atoms with Crippen LogP contribution in [0.15, 0.2) is 70.9 Å². The van der Waals surface area contributed by atoms with Crippen LogP contribution in [0.2, 0.25) is 0 Å². The predicted molar refractivity (Wildman–Crippen MR) is 462 cm³/mol. The number of nitrogens with zero attached hydrogens (tertiary/aromatic N) is 9. The molecule has 3 saturated heterocycles. The number of amides is 15. The number of fused-ring (bicyclic) bond motifs is 1. The second-order valence-corrected chi connectivity index (χ2v) is 36.0. The van der Waals surface area contributed by atoms with E-state index in [-0.39, 0.29) is 86.2 Å². The zero-order valence-electron chi connectivity index (χ0n) is 74.8. The van der Waals surface area contributed by atoms with E-state index in [1.807, 2.05) is 67.2 Å². The van der Waals surface area contributed by atoms with Crippen LogP contribution in [0.25, 0.3) is 0 Å². The maximum absolute atomic E-state index is 15.6. The number of unbranched alkanes of at least 4 members (excludes halogenated alkanes) is 1. The number of azo groups is 1. The van der Waals surface area contributed by atoms with Crippen molar-refractivity contribution >= 4 is 117 Å². The third-order valence-corrected chi connectivity index (χ3v) is 23.7. The van der Waals surface area contributed by atoms with E-state index < -0.39 is 175 Å². The number of thioether (sulfide) groups is 1. The topological polar surface area (TPSA) is 412 Å². The van der Waals surface area contributed by atoms with Gasteiger partial charge in [-0.2, -0.15) is 22.0 Å². The molecule has 2 aromatic rings. The number of ether oxygens (including phenoxy) is 1. The highest BCUT2D eigenvalue weighted by Crippen LogP contribution is 2.34. The number of rotatable bonds is 28. The fourth-order valence-corrected chi connectivity index (χ4v) is 16.5. The summed E-state index contributed by atoms with van der Waals surface area (Å²) in [5, 5.41) is 43.9. The van der Waals surface area contributed by atoms with Crippen LogP contribution < -0.4 is 42.5 Å². The molecule has 0 bridgehead atoms. The molecule has 9 N–H and O–H groups in total. The molecule has 5 rings (SSSR count). The minimum atomic E-state index is -1.67. The summed E-state index contributed by atoms with van der Waals surface area (Å²) in [7, 11) is 9.65. The van der Waals surface area contributed by atoms with Crippen molar-refractivity contribution < 1.29 is 77.0 Å². The number of aliphatic hydroxyl groups is 1. The number of anilines is 2. The van der Waals surface area contributed by atoms with E-state index in [0.29, 0.717) is 40.8 Å². The molecule has 3 heterocycles. The van der Waals surface area contributed by atoms with Crippen LogP contribution in [0, 0.1) is 41.4 Å². The average molecular weight is 1700 g/mol. The minimum Gasteiger partial charge on any atom is -0.390 e. The van der Waals surface area contributed by atoms with Gasteiger partial charge in [0, 0.05) is 78.1 Å². The number of hydrogen-bond acceptors (Lipinski definition) is 19. The Hall–Kier alpha value is -9.57. The SMILES string of the molecule is C/C=C/C[C@H](C)[C@H](O)[C@@H]1C(=O)N[C@H](CC)C(=O)N(C)CC(=O)N(C)[C@H](CC(C)C)C(=O)N[C@H](C(C)C)C(=O)N(C)[C@H](CC(C)C)C(=O)N[C@H](C)C(=O)N[C@@H](COCC(=O)Nc2ccc(N=Nc3ccc(NC(=O)CCCCC4SCC5NC(=O)NC54)cc3)cc2)C(=O)N(C)[C@H](CC(C)C)C(=O)N(C)[C@H](CC(C)C)C(=O)N(C)[C@H](C(C)C)C(=O)N1C. The largest absolute Gasteiger partial charge is 0.390 e. The lowest BCUT2D eigenvalue weighted by Crippen LogP contribution is -2.63. The molecule has 0 aromatic heterocycles. The zero-order valence-corrected chi connectivity index (χ0v) is 75.6. The molecule has 3 fully saturated rings. The first-order valence-electron chi connectivity index (χ1n) is 42.2. The number of urea groups is 1. The minimum absolute atomic E-state index is 0.00969. The molecule has 0 radical (unpaired) electrons. The third kappa shape index (κ3) is 29.1. The fraction of sp³-hybridized carbons (Fsp3) is 0.674. The maximum Gasteiger partial charge on any atom is 0.315 e. The molecule has 0 spiro atoms. The molecule has 33 nitrogen and oxygen atoms in total. The Morgan fingerprint density at radius 2 is 1.02 bits per heavy atom. The second kappa shape index (κ2) is 47.6. The third-order valence-electron chi connectivity index (χ3n) is 22.1. The van der Waals surface area contributed by atoms with Crippen LogP contribution >= 0.6 is 11.8 Å². The van der Waals surface area contributed by atoms with E-state index in [4.69, 9.17) is 4.74 Å². The van der Waals surface area contributed by atoms with Gasteiger partial charge in [0.05, 0.1) is 42.7 Å². The van der Waals surface area contributed by atoms with Crippen molar-refractivity contribution in [1.29, 1.82) is 0 Å². The van der Waals surface area contributed by atoms with E-state index in [1.54, 1.807) is 109 Å². The second-order valence-electron chi connectivity index (χ2n) is 34.7. The van der Waals surface area contributed by atoms with Gasteiger partial charge in [-0.25, -0.2) is 4.79 Å². The molecule has 3 aliphatic heterocycles. The summed E-state index contributed by atoms with van der Waals surface area (Å²) in [6.07, 6.45) is 5.30. The summed E-state index contributed by atoms with van der Waals surface area (Å²) in [6, 6.07) is -0.422. The van der Waals surface area contributed by atoms with Crippen LogP contribution in [-0.2, 0) is 67.1 Å². The predicted octanol–water partition coefficient (Wildman–Crippen LogP) is 6.98. The van der Waals surface area contributed by atoms with Gasteiger partial charge in [-0.05, 0) is 155 Å². The first kappa shape index (κ1) is 101. The Morgan fingerprint density at radius 3 is 1.53 bits per heavy atom. The summed E-state index contributed by atoms with van der Waals surface area (Å²) in [4.78, 5) is 212. The molecular weight excluding hydrogens is 1560 g/mol. The molecular formula is C86H137N17O16S. The number of nitrogens with one attached hydrogen (secondary N) is 8. The van der Waals surface area contributed by atoms with Crippen molar-refractivity contribution in [3.8, 4) is 0 Å². The number of benzene rings is 2. The van der Waals surface area contributed by atoms with Crippen molar-refractivity contribution in [2.45, 2.75) is 259 Å².